The van der Waals surface area contributed by atoms with Gasteiger partial charge in [-0.3, -0.25) is 9.80 Å². The number of aromatic nitrogens is 2. The highest BCUT2D eigenvalue weighted by molar-refractivity contribution is 5.31. The predicted molar refractivity (Wildman–Crippen MR) is 113 cm³/mol. The highest BCUT2D eigenvalue weighted by Gasteiger charge is 2.30. The highest BCUT2D eigenvalue weighted by atomic mass is 16.5. The van der Waals surface area contributed by atoms with E-state index in [-0.39, 0.29) is 12.2 Å². The Labute approximate surface area is 170 Å². The van der Waals surface area contributed by atoms with Crippen molar-refractivity contribution in [3.05, 3.63) is 18.0 Å². The monoisotopic (exact) mass is 387 g/mol. The first kappa shape index (κ1) is 20.0. The zero-order valence-electron chi connectivity index (χ0n) is 17.9. The van der Waals surface area contributed by atoms with Gasteiger partial charge in [0, 0.05) is 58.1 Å². The van der Waals surface area contributed by atoms with Crippen LogP contribution in [0, 0.1) is 5.92 Å². The van der Waals surface area contributed by atoms with Crippen LogP contribution in [-0.2, 0) is 11.3 Å². The number of ether oxygens (including phenoxy) is 1. The first-order valence-electron chi connectivity index (χ1n) is 11.3. The van der Waals surface area contributed by atoms with Gasteiger partial charge < -0.3 is 9.64 Å². The fourth-order valence-electron chi connectivity index (χ4n) is 5.29. The second kappa shape index (κ2) is 9.06. The number of hydrogen-bond donors (Lipinski definition) is 0. The van der Waals surface area contributed by atoms with Gasteiger partial charge in [0.2, 0.25) is 5.95 Å². The maximum atomic E-state index is 5.85. The summed E-state index contributed by atoms with van der Waals surface area (Å²) < 4.78 is 5.85. The van der Waals surface area contributed by atoms with Crippen LogP contribution in [0.25, 0.3) is 0 Å². The molecule has 2 saturated heterocycles. The lowest BCUT2D eigenvalue weighted by Crippen LogP contribution is -2.52. The van der Waals surface area contributed by atoms with Crippen molar-refractivity contribution in [2.45, 2.75) is 71.2 Å². The molecular formula is C22H37N5O. The van der Waals surface area contributed by atoms with Gasteiger partial charge in [-0.1, -0.05) is 19.8 Å². The number of rotatable bonds is 4. The van der Waals surface area contributed by atoms with Crippen LogP contribution in [0.2, 0.25) is 0 Å². The fraction of sp³-hybridized carbons (Fsp3) is 0.818. The molecule has 0 amide bonds. The Kier molecular flexibility index (Phi) is 6.48. The molecule has 0 aromatic carbocycles. The van der Waals surface area contributed by atoms with E-state index in [1.54, 1.807) is 0 Å². The van der Waals surface area contributed by atoms with Gasteiger partial charge in [-0.05, 0) is 38.7 Å². The summed E-state index contributed by atoms with van der Waals surface area (Å²) in [4.78, 5) is 17.0. The van der Waals surface area contributed by atoms with Gasteiger partial charge in [0.15, 0.2) is 0 Å². The predicted octanol–water partition coefficient (Wildman–Crippen LogP) is 2.79. The Balaban J connectivity index is 1.32. The van der Waals surface area contributed by atoms with Crippen molar-refractivity contribution in [1.82, 2.24) is 19.8 Å². The molecule has 3 aliphatic rings. The van der Waals surface area contributed by atoms with Crippen LogP contribution in [0.1, 0.15) is 52.1 Å². The SMILES string of the molecule is C[C@@H]1CN(c2nccc(CN3CCN([C@@H]4CCCC[C@@H]4C)CC3)n2)C[C@@H](C)O1. The second-order valence-corrected chi connectivity index (χ2v) is 9.15. The minimum atomic E-state index is 0.228. The highest BCUT2D eigenvalue weighted by Crippen LogP contribution is 2.29. The van der Waals surface area contributed by atoms with Crippen molar-refractivity contribution in [1.29, 1.82) is 0 Å². The van der Waals surface area contributed by atoms with Gasteiger partial charge >= 0.3 is 0 Å². The molecule has 0 N–H and O–H groups in total. The van der Waals surface area contributed by atoms with Gasteiger partial charge in [-0.15, -0.1) is 0 Å². The van der Waals surface area contributed by atoms with Crippen molar-refractivity contribution in [2.75, 3.05) is 44.2 Å². The lowest BCUT2D eigenvalue weighted by Gasteiger charge is -2.43. The van der Waals surface area contributed by atoms with Gasteiger partial charge in [0.25, 0.3) is 0 Å². The minimum absolute atomic E-state index is 0.228. The third-order valence-electron chi connectivity index (χ3n) is 6.73. The van der Waals surface area contributed by atoms with E-state index in [2.05, 4.69) is 46.5 Å². The minimum Gasteiger partial charge on any atom is -0.372 e. The van der Waals surface area contributed by atoms with Gasteiger partial charge in [0.05, 0.1) is 17.9 Å². The molecule has 6 heteroatoms. The normalized spacial score (nSPS) is 33.2. The molecule has 1 aromatic heterocycles. The van der Waals surface area contributed by atoms with E-state index in [9.17, 15) is 0 Å². The van der Waals surface area contributed by atoms with E-state index in [0.29, 0.717) is 0 Å². The number of anilines is 1. The molecule has 3 fully saturated rings. The van der Waals surface area contributed by atoms with E-state index in [0.717, 1.165) is 56.3 Å². The van der Waals surface area contributed by atoms with Gasteiger partial charge in [-0.25, -0.2) is 9.97 Å². The molecule has 2 aliphatic heterocycles. The zero-order valence-corrected chi connectivity index (χ0v) is 17.9. The molecule has 156 valence electrons. The number of morpholine rings is 1. The molecule has 4 atom stereocenters. The topological polar surface area (TPSA) is 44.7 Å². The van der Waals surface area contributed by atoms with Crippen LogP contribution >= 0.6 is 0 Å². The Bertz CT molecular complexity index is 623. The maximum absolute atomic E-state index is 5.85. The van der Waals surface area contributed by atoms with Crippen LogP contribution in [-0.4, -0.2) is 77.3 Å². The van der Waals surface area contributed by atoms with Crippen LogP contribution in [0.4, 0.5) is 5.95 Å². The summed E-state index contributed by atoms with van der Waals surface area (Å²) >= 11 is 0. The van der Waals surface area contributed by atoms with Crippen LogP contribution in [0.5, 0.6) is 0 Å². The molecule has 0 unspecified atom stereocenters. The van der Waals surface area contributed by atoms with E-state index < -0.39 is 0 Å². The molecule has 0 spiro atoms. The number of nitrogens with zero attached hydrogens (tertiary/aromatic N) is 5. The first-order chi connectivity index (χ1) is 13.6. The summed E-state index contributed by atoms with van der Waals surface area (Å²) in [7, 11) is 0. The summed E-state index contributed by atoms with van der Waals surface area (Å²) in [6, 6.07) is 2.89. The standard InChI is InChI=1S/C22H37N5O/c1-17-6-4-5-7-21(17)26-12-10-25(11-13-26)16-20-8-9-23-22(24-20)27-14-18(2)28-19(3)15-27/h8-9,17-19,21H,4-7,10-16H2,1-3H3/t17-,18+,19+,21+/m0/s1. The molecule has 1 aromatic rings. The molecule has 4 rings (SSSR count). The third-order valence-corrected chi connectivity index (χ3v) is 6.73. The zero-order chi connectivity index (χ0) is 19.5. The lowest BCUT2D eigenvalue weighted by atomic mass is 9.84. The second-order valence-electron chi connectivity index (χ2n) is 9.15. The smallest absolute Gasteiger partial charge is 0.225 e. The van der Waals surface area contributed by atoms with E-state index in [1.165, 1.54) is 38.8 Å². The average molecular weight is 388 g/mol. The van der Waals surface area contributed by atoms with E-state index in [1.807, 2.05) is 6.20 Å². The summed E-state index contributed by atoms with van der Waals surface area (Å²) in [6.07, 6.45) is 8.02. The largest absolute Gasteiger partial charge is 0.372 e. The van der Waals surface area contributed by atoms with Gasteiger partial charge in [-0.2, -0.15) is 0 Å². The van der Waals surface area contributed by atoms with Crippen molar-refractivity contribution in [3.8, 4) is 0 Å². The first-order valence-corrected chi connectivity index (χ1v) is 11.3. The summed E-state index contributed by atoms with van der Waals surface area (Å²) in [6.45, 7) is 14.1. The fourth-order valence-corrected chi connectivity index (χ4v) is 5.29. The Hall–Kier alpha value is -1.24. The molecule has 3 heterocycles. The molecule has 28 heavy (non-hydrogen) atoms. The average Bonchev–Trinajstić information content (AvgIpc) is 2.69. The van der Waals surface area contributed by atoms with Crippen LogP contribution in [0.15, 0.2) is 12.3 Å². The molecule has 0 bridgehead atoms. The molecule has 1 saturated carbocycles. The van der Waals surface area contributed by atoms with Crippen molar-refractivity contribution in [3.63, 3.8) is 0 Å². The maximum Gasteiger partial charge on any atom is 0.225 e. The Morgan fingerprint density at radius 2 is 1.71 bits per heavy atom. The number of piperazine rings is 1. The molecular weight excluding hydrogens is 350 g/mol. The summed E-state index contributed by atoms with van der Waals surface area (Å²) in [5.41, 5.74) is 1.14. The van der Waals surface area contributed by atoms with Crippen LogP contribution < -0.4 is 4.90 Å². The van der Waals surface area contributed by atoms with Crippen molar-refractivity contribution < 1.29 is 4.74 Å². The summed E-state index contributed by atoms with van der Waals surface area (Å²) in [5, 5.41) is 0. The quantitative estimate of drug-likeness (QED) is 0.792. The molecule has 6 nitrogen and oxygen atoms in total. The Morgan fingerprint density at radius 1 is 1.00 bits per heavy atom. The number of hydrogen-bond acceptors (Lipinski definition) is 6. The Morgan fingerprint density at radius 3 is 2.43 bits per heavy atom. The van der Waals surface area contributed by atoms with Crippen LogP contribution in [0.3, 0.4) is 0 Å². The summed E-state index contributed by atoms with van der Waals surface area (Å²) in [5.74, 6) is 1.72. The van der Waals surface area contributed by atoms with Crippen molar-refractivity contribution in [2.24, 2.45) is 5.92 Å². The molecule has 1 aliphatic carbocycles. The van der Waals surface area contributed by atoms with Gasteiger partial charge in [0.1, 0.15) is 0 Å². The molecule has 0 radical (unpaired) electrons. The van der Waals surface area contributed by atoms with Crippen molar-refractivity contribution >= 4 is 5.95 Å². The lowest BCUT2D eigenvalue weighted by molar-refractivity contribution is -0.00574. The van der Waals surface area contributed by atoms with E-state index in [4.69, 9.17) is 9.72 Å². The third kappa shape index (κ3) is 4.84. The van der Waals surface area contributed by atoms with E-state index >= 15 is 0 Å².